The lowest BCUT2D eigenvalue weighted by Crippen LogP contribution is -2.42. The molecule has 0 aliphatic carbocycles. The van der Waals surface area contributed by atoms with Gasteiger partial charge in [0.2, 0.25) is 5.88 Å². The summed E-state index contributed by atoms with van der Waals surface area (Å²) in [4.78, 5) is 21.9. The lowest BCUT2D eigenvalue weighted by molar-refractivity contribution is 0.0164. The van der Waals surface area contributed by atoms with Crippen molar-refractivity contribution in [1.82, 2.24) is 14.9 Å². The van der Waals surface area contributed by atoms with E-state index >= 15 is 0 Å². The van der Waals surface area contributed by atoms with E-state index < -0.39 is 5.60 Å². The Balaban J connectivity index is 0.00000185. The lowest BCUT2D eigenvalue weighted by Gasteiger charge is -2.33. The van der Waals surface area contributed by atoms with E-state index in [0.717, 1.165) is 12.8 Å². The van der Waals surface area contributed by atoms with Crippen molar-refractivity contribution in [1.29, 1.82) is 0 Å². The second kappa shape index (κ2) is 11.3. The van der Waals surface area contributed by atoms with Crippen molar-refractivity contribution in [3.8, 4) is 5.88 Å². The second-order valence-electron chi connectivity index (χ2n) is 6.40. The van der Waals surface area contributed by atoms with Crippen molar-refractivity contribution in [3.05, 3.63) is 17.0 Å². The molecule has 2 rings (SSSR count). The van der Waals surface area contributed by atoms with Gasteiger partial charge in [0.15, 0.2) is 0 Å². The van der Waals surface area contributed by atoms with Gasteiger partial charge >= 0.3 is 6.09 Å². The van der Waals surface area contributed by atoms with Gasteiger partial charge in [0.1, 0.15) is 10.2 Å². The van der Waals surface area contributed by atoms with Gasteiger partial charge in [-0.25, -0.2) is 14.8 Å². The number of halogens is 1. The number of likely N-dealkylation sites (tertiary alicyclic amines) is 1. The highest BCUT2D eigenvalue weighted by atomic mass is 79.9. The number of rotatable bonds is 3. The number of hydrogen-bond acceptors (Lipinski definition) is 5. The van der Waals surface area contributed by atoms with E-state index in [4.69, 9.17) is 9.47 Å². The van der Waals surface area contributed by atoms with Gasteiger partial charge in [-0.3, -0.25) is 0 Å². The van der Waals surface area contributed by atoms with Crippen LogP contribution in [0.2, 0.25) is 0 Å². The molecule has 0 unspecified atom stereocenters. The molecule has 1 amide bonds. The Kier molecular flexibility index (Phi) is 10.7. The van der Waals surface area contributed by atoms with Crippen LogP contribution in [0.25, 0.3) is 0 Å². The molecule has 2 heterocycles. The molecule has 0 bridgehead atoms. The smallest absolute Gasteiger partial charge is 0.410 e. The summed E-state index contributed by atoms with van der Waals surface area (Å²) >= 11 is 3.24. The standard InChI is InChI=1S/C15H22BrN3O3.C2H6.CH4/c1-15(2,3)22-14(20)19-6-4-11(5-7-19)10-21-13-9-17-12(16)8-18-13;1-2;/h8-9,11H,4-7,10H2,1-3H3;1-2H3;1H4. The first kappa shape index (κ1) is 23.6. The molecular weight excluding hydrogens is 386 g/mol. The SMILES string of the molecule is C.CC.CC(C)(C)OC(=O)N1CCC(COc2cnc(Br)cn2)CC1. The number of piperidine rings is 1. The van der Waals surface area contributed by atoms with Gasteiger partial charge in [-0.05, 0) is 55.5 Å². The summed E-state index contributed by atoms with van der Waals surface area (Å²) in [6.07, 6.45) is 4.79. The third-order valence-corrected chi connectivity index (χ3v) is 3.74. The van der Waals surface area contributed by atoms with Gasteiger partial charge in [0.05, 0.1) is 19.0 Å². The van der Waals surface area contributed by atoms with Crippen LogP contribution in [0.15, 0.2) is 17.0 Å². The molecule has 1 aliphatic heterocycles. The third kappa shape index (κ3) is 9.05. The van der Waals surface area contributed by atoms with Gasteiger partial charge in [0, 0.05) is 13.1 Å². The second-order valence-corrected chi connectivity index (χ2v) is 7.21. The van der Waals surface area contributed by atoms with Crippen LogP contribution in [0.3, 0.4) is 0 Å². The number of amides is 1. The van der Waals surface area contributed by atoms with E-state index in [1.807, 2.05) is 34.6 Å². The Labute approximate surface area is 160 Å². The number of carbonyl (C=O) groups excluding carboxylic acids is 1. The highest BCUT2D eigenvalue weighted by Crippen LogP contribution is 2.20. The summed E-state index contributed by atoms with van der Waals surface area (Å²) < 4.78 is 11.7. The average Bonchev–Trinajstić information content (AvgIpc) is 2.55. The number of carbonyl (C=O) groups is 1. The van der Waals surface area contributed by atoms with E-state index in [0.29, 0.717) is 36.1 Å². The Morgan fingerprint density at radius 2 is 1.84 bits per heavy atom. The minimum absolute atomic E-state index is 0. The van der Waals surface area contributed by atoms with Crippen LogP contribution in [0, 0.1) is 5.92 Å². The van der Waals surface area contributed by atoms with Gasteiger partial charge in [-0.2, -0.15) is 0 Å². The summed E-state index contributed by atoms with van der Waals surface area (Å²) in [6.45, 7) is 11.6. The summed E-state index contributed by atoms with van der Waals surface area (Å²) in [5.41, 5.74) is -0.447. The molecule has 0 N–H and O–H groups in total. The molecule has 0 saturated carbocycles. The predicted molar refractivity (Wildman–Crippen MR) is 104 cm³/mol. The number of ether oxygens (including phenoxy) is 2. The molecule has 6 nitrogen and oxygen atoms in total. The zero-order valence-electron chi connectivity index (χ0n) is 15.2. The predicted octanol–water partition coefficient (Wildman–Crippen LogP) is 4.93. The van der Waals surface area contributed by atoms with Crippen molar-refractivity contribution >= 4 is 22.0 Å². The van der Waals surface area contributed by atoms with Crippen molar-refractivity contribution in [3.63, 3.8) is 0 Å². The third-order valence-electron chi connectivity index (χ3n) is 3.33. The van der Waals surface area contributed by atoms with Crippen molar-refractivity contribution < 1.29 is 14.3 Å². The fourth-order valence-electron chi connectivity index (χ4n) is 2.19. The van der Waals surface area contributed by atoms with Gasteiger partial charge < -0.3 is 14.4 Å². The molecule has 1 fully saturated rings. The molecule has 1 aromatic rings. The molecule has 1 aliphatic rings. The molecule has 0 radical (unpaired) electrons. The minimum Gasteiger partial charge on any atom is -0.476 e. The summed E-state index contributed by atoms with van der Waals surface area (Å²) in [6, 6.07) is 0. The molecule has 0 aromatic carbocycles. The fourth-order valence-corrected chi connectivity index (χ4v) is 2.39. The molecule has 0 atom stereocenters. The maximum Gasteiger partial charge on any atom is 0.410 e. The van der Waals surface area contributed by atoms with Crippen LogP contribution in [-0.2, 0) is 4.74 Å². The van der Waals surface area contributed by atoms with Gasteiger partial charge in [-0.15, -0.1) is 0 Å². The van der Waals surface area contributed by atoms with Crippen LogP contribution < -0.4 is 4.74 Å². The first-order valence-electron chi connectivity index (χ1n) is 8.42. The molecular formula is C18H32BrN3O3. The maximum absolute atomic E-state index is 12.0. The number of hydrogen-bond donors (Lipinski definition) is 0. The first-order chi connectivity index (χ1) is 11.3. The van der Waals surface area contributed by atoms with Crippen molar-refractivity contribution in [2.24, 2.45) is 5.92 Å². The number of aromatic nitrogens is 2. The summed E-state index contributed by atoms with van der Waals surface area (Å²) in [5.74, 6) is 0.946. The molecule has 0 spiro atoms. The molecule has 1 saturated heterocycles. The molecule has 144 valence electrons. The Hall–Kier alpha value is -1.37. The lowest BCUT2D eigenvalue weighted by atomic mass is 9.98. The summed E-state index contributed by atoms with van der Waals surface area (Å²) in [5, 5.41) is 0. The van der Waals surface area contributed by atoms with E-state index in [1.54, 1.807) is 17.3 Å². The zero-order chi connectivity index (χ0) is 18.2. The van der Waals surface area contributed by atoms with Crippen LogP contribution in [0.5, 0.6) is 5.88 Å². The highest BCUT2D eigenvalue weighted by Gasteiger charge is 2.27. The molecule has 25 heavy (non-hydrogen) atoms. The molecule has 1 aromatic heterocycles. The monoisotopic (exact) mass is 417 g/mol. The zero-order valence-corrected chi connectivity index (χ0v) is 16.8. The van der Waals surface area contributed by atoms with E-state index in [1.165, 1.54) is 0 Å². The average molecular weight is 418 g/mol. The van der Waals surface area contributed by atoms with E-state index in [2.05, 4.69) is 25.9 Å². The van der Waals surface area contributed by atoms with Crippen LogP contribution in [-0.4, -0.2) is 46.3 Å². The van der Waals surface area contributed by atoms with Crippen LogP contribution in [0.4, 0.5) is 4.79 Å². The van der Waals surface area contributed by atoms with Crippen LogP contribution >= 0.6 is 15.9 Å². The Morgan fingerprint density at radius 1 is 1.24 bits per heavy atom. The maximum atomic E-state index is 12.0. The Morgan fingerprint density at radius 3 is 2.32 bits per heavy atom. The fraction of sp³-hybridized carbons (Fsp3) is 0.722. The normalized spacial score (nSPS) is 14.7. The highest BCUT2D eigenvalue weighted by molar-refractivity contribution is 9.10. The Bertz CT molecular complexity index is 495. The van der Waals surface area contributed by atoms with Gasteiger partial charge in [-0.1, -0.05) is 21.3 Å². The van der Waals surface area contributed by atoms with Crippen LogP contribution in [0.1, 0.15) is 54.9 Å². The first-order valence-corrected chi connectivity index (χ1v) is 9.21. The van der Waals surface area contributed by atoms with Crippen molar-refractivity contribution in [2.45, 2.75) is 60.5 Å². The van der Waals surface area contributed by atoms with Crippen molar-refractivity contribution in [2.75, 3.05) is 19.7 Å². The topological polar surface area (TPSA) is 64.5 Å². The number of nitrogens with zero attached hydrogens (tertiary/aromatic N) is 3. The molecule has 7 heteroatoms. The summed E-state index contributed by atoms with van der Waals surface area (Å²) in [7, 11) is 0. The largest absolute Gasteiger partial charge is 0.476 e. The van der Waals surface area contributed by atoms with Gasteiger partial charge in [0.25, 0.3) is 0 Å². The van der Waals surface area contributed by atoms with E-state index in [-0.39, 0.29) is 13.5 Å². The van der Waals surface area contributed by atoms with E-state index in [9.17, 15) is 4.79 Å². The minimum atomic E-state index is -0.447. The quantitative estimate of drug-likeness (QED) is 0.697.